The Bertz CT molecular complexity index is 644. The van der Waals surface area contributed by atoms with Gasteiger partial charge in [-0.1, -0.05) is 39.0 Å². The van der Waals surface area contributed by atoms with Gasteiger partial charge in [-0.25, -0.2) is 0 Å². The van der Waals surface area contributed by atoms with Crippen molar-refractivity contribution in [3.8, 4) is 0 Å². The van der Waals surface area contributed by atoms with Crippen LogP contribution in [0.4, 0.5) is 0 Å². The van der Waals surface area contributed by atoms with E-state index in [9.17, 15) is 9.59 Å². The van der Waals surface area contributed by atoms with Crippen molar-refractivity contribution in [1.29, 1.82) is 0 Å². The normalized spacial score (nSPS) is 22.2. The van der Waals surface area contributed by atoms with Crippen LogP contribution in [0.25, 0.3) is 0 Å². The molecule has 5 heteroatoms. The fraction of sp³-hybridized carbons (Fsp3) is 0.700. The van der Waals surface area contributed by atoms with Crippen molar-refractivity contribution in [2.75, 3.05) is 13.1 Å². The van der Waals surface area contributed by atoms with E-state index in [4.69, 9.17) is 5.73 Å². The minimum atomic E-state index is -0.455. The Kier molecular flexibility index (Phi) is 5.50. The minimum Gasteiger partial charge on any atom is -0.366 e. The van der Waals surface area contributed by atoms with Crippen LogP contribution in [-0.2, 0) is 6.42 Å². The first-order valence-corrected chi connectivity index (χ1v) is 9.83. The topological polar surface area (TPSA) is 79.2 Å². The summed E-state index contributed by atoms with van der Waals surface area (Å²) in [6.07, 6.45) is 9.63. The molecule has 1 aliphatic carbocycles. The van der Waals surface area contributed by atoms with E-state index in [-0.39, 0.29) is 5.91 Å². The Labute approximate surface area is 150 Å². The standard InChI is InChI=1S/C20H31N3O2/c1-3-16-17(19(21)24)13(2)22-18(16)20(25)23-11-7-10-15(12-23)14-8-5-4-6-9-14/h14-15,22H,3-12H2,1-2H3,(H2,21,24). The molecule has 1 atom stereocenters. The highest BCUT2D eigenvalue weighted by molar-refractivity contribution is 6.02. The van der Waals surface area contributed by atoms with Crippen LogP contribution in [0.3, 0.4) is 0 Å². The summed E-state index contributed by atoms with van der Waals surface area (Å²) in [7, 11) is 0. The van der Waals surface area contributed by atoms with Crippen LogP contribution < -0.4 is 5.73 Å². The lowest BCUT2D eigenvalue weighted by molar-refractivity contribution is 0.0594. The fourth-order valence-corrected chi connectivity index (χ4v) is 4.89. The maximum atomic E-state index is 13.1. The second-order valence-electron chi connectivity index (χ2n) is 7.75. The molecule has 2 aliphatic rings. The number of aromatic amines is 1. The van der Waals surface area contributed by atoms with Crippen LogP contribution >= 0.6 is 0 Å². The number of hydrogen-bond donors (Lipinski definition) is 2. The van der Waals surface area contributed by atoms with Crippen LogP contribution in [0.1, 0.15) is 84.0 Å². The van der Waals surface area contributed by atoms with Gasteiger partial charge in [0.1, 0.15) is 5.69 Å². The van der Waals surface area contributed by atoms with Gasteiger partial charge in [-0.3, -0.25) is 9.59 Å². The van der Waals surface area contributed by atoms with Crippen LogP contribution in [0.5, 0.6) is 0 Å². The molecule has 3 N–H and O–H groups in total. The molecule has 0 bridgehead atoms. The van der Waals surface area contributed by atoms with E-state index in [1.807, 2.05) is 18.7 Å². The van der Waals surface area contributed by atoms with Crippen LogP contribution in [0.2, 0.25) is 0 Å². The summed E-state index contributed by atoms with van der Waals surface area (Å²) in [5, 5.41) is 0. The van der Waals surface area contributed by atoms with Crippen molar-refractivity contribution in [3.63, 3.8) is 0 Å². The average molecular weight is 345 g/mol. The Hall–Kier alpha value is -1.78. The molecule has 2 heterocycles. The van der Waals surface area contributed by atoms with E-state index in [1.54, 1.807) is 0 Å². The Morgan fingerprint density at radius 3 is 2.44 bits per heavy atom. The lowest BCUT2D eigenvalue weighted by Gasteiger charge is -2.38. The molecule has 0 radical (unpaired) electrons. The van der Waals surface area contributed by atoms with Gasteiger partial charge in [0.2, 0.25) is 0 Å². The predicted octanol–water partition coefficient (Wildman–Crippen LogP) is 3.42. The van der Waals surface area contributed by atoms with Crippen LogP contribution in [-0.4, -0.2) is 34.8 Å². The molecule has 1 unspecified atom stereocenters. The number of hydrogen-bond acceptors (Lipinski definition) is 2. The van der Waals surface area contributed by atoms with Gasteiger partial charge in [0.15, 0.2) is 0 Å². The maximum absolute atomic E-state index is 13.1. The number of aromatic nitrogens is 1. The van der Waals surface area contributed by atoms with Crippen molar-refractivity contribution in [2.24, 2.45) is 17.6 Å². The van der Waals surface area contributed by atoms with Gasteiger partial charge >= 0.3 is 0 Å². The molecular formula is C20H31N3O2. The lowest BCUT2D eigenvalue weighted by Crippen LogP contribution is -2.42. The Morgan fingerprint density at radius 2 is 1.80 bits per heavy atom. The van der Waals surface area contributed by atoms with Crippen molar-refractivity contribution < 1.29 is 9.59 Å². The largest absolute Gasteiger partial charge is 0.366 e. The fourth-order valence-electron chi connectivity index (χ4n) is 4.89. The third-order valence-corrected chi connectivity index (χ3v) is 6.17. The molecule has 2 amide bonds. The first-order chi connectivity index (χ1) is 12.0. The number of nitrogens with zero attached hydrogens (tertiary/aromatic N) is 1. The van der Waals surface area contributed by atoms with E-state index in [2.05, 4.69) is 4.98 Å². The highest BCUT2D eigenvalue weighted by Crippen LogP contribution is 2.35. The smallest absolute Gasteiger partial charge is 0.270 e. The van der Waals surface area contributed by atoms with E-state index in [0.717, 1.165) is 31.0 Å². The van der Waals surface area contributed by atoms with Crippen LogP contribution in [0, 0.1) is 18.8 Å². The zero-order chi connectivity index (χ0) is 18.0. The van der Waals surface area contributed by atoms with Crippen molar-refractivity contribution in [1.82, 2.24) is 9.88 Å². The molecule has 1 saturated carbocycles. The Balaban J connectivity index is 1.78. The maximum Gasteiger partial charge on any atom is 0.270 e. The number of primary amides is 1. The number of carbonyl (C=O) groups is 2. The highest BCUT2D eigenvalue weighted by atomic mass is 16.2. The average Bonchev–Trinajstić information content (AvgIpc) is 2.98. The highest BCUT2D eigenvalue weighted by Gasteiger charge is 2.32. The number of carbonyl (C=O) groups excluding carboxylic acids is 2. The minimum absolute atomic E-state index is 0.0351. The molecule has 3 rings (SSSR count). The van der Waals surface area contributed by atoms with Gasteiger partial charge in [0.25, 0.3) is 11.8 Å². The summed E-state index contributed by atoms with van der Waals surface area (Å²) < 4.78 is 0. The first kappa shape index (κ1) is 18.0. The number of H-pyrrole nitrogens is 1. The van der Waals surface area contributed by atoms with Gasteiger partial charge in [0, 0.05) is 18.8 Å². The van der Waals surface area contributed by atoms with Gasteiger partial charge < -0.3 is 15.6 Å². The van der Waals surface area contributed by atoms with E-state index in [0.29, 0.717) is 29.3 Å². The molecule has 1 aliphatic heterocycles. The molecular weight excluding hydrogens is 314 g/mol. The lowest BCUT2D eigenvalue weighted by atomic mass is 9.76. The molecule has 0 spiro atoms. The van der Waals surface area contributed by atoms with Crippen molar-refractivity contribution >= 4 is 11.8 Å². The second kappa shape index (κ2) is 7.63. The van der Waals surface area contributed by atoms with Gasteiger partial charge in [0.05, 0.1) is 5.56 Å². The summed E-state index contributed by atoms with van der Waals surface area (Å²) in [5.74, 6) is 0.993. The SMILES string of the molecule is CCc1c(C(=O)N2CCCC(C3CCCCC3)C2)[nH]c(C)c1C(N)=O. The molecule has 1 aromatic rings. The molecule has 1 saturated heterocycles. The third-order valence-electron chi connectivity index (χ3n) is 6.17. The Morgan fingerprint density at radius 1 is 1.12 bits per heavy atom. The van der Waals surface area contributed by atoms with Crippen molar-refractivity contribution in [2.45, 2.75) is 65.2 Å². The third kappa shape index (κ3) is 3.60. The zero-order valence-corrected chi connectivity index (χ0v) is 15.6. The number of likely N-dealkylation sites (tertiary alicyclic amines) is 1. The monoisotopic (exact) mass is 345 g/mol. The summed E-state index contributed by atoms with van der Waals surface area (Å²) >= 11 is 0. The molecule has 5 nitrogen and oxygen atoms in total. The van der Waals surface area contributed by atoms with Gasteiger partial charge in [-0.15, -0.1) is 0 Å². The molecule has 138 valence electrons. The number of aryl methyl sites for hydroxylation is 1. The molecule has 25 heavy (non-hydrogen) atoms. The molecule has 2 fully saturated rings. The van der Waals surface area contributed by atoms with Gasteiger partial charge in [-0.05, 0) is 43.6 Å². The first-order valence-electron chi connectivity index (χ1n) is 9.83. The number of piperidine rings is 1. The van der Waals surface area contributed by atoms with E-state index < -0.39 is 5.91 Å². The second-order valence-corrected chi connectivity index (χ2v) is 7.75. The quantitative estimate of drug-likeness (QED) is 0.877. The van der Waals surface area contributed by atoms with E-state index in [1.165, 1.54) is 38.5 Å². The zero-order valence-electron chi connectivity index (χ0n) is 15.6. The van der Waals surface area contributed by atoms with E-state index >= 15 is 0 Å². The summed E-state index contributed by atoms with van der Waals surface area (Å²) in [6.45, 7) is 5.45. The molecule has 1 aromatic heterocycles. The number of nitrogens with two attached hydrogens (primary N) is 1. The summed E-state index contributed by atoms with van der Waals surface area (Å²) in [5.41, 5.74) is 8.05. The number of rotatable bonds is 4. The number of amides is 2. The number of nitrogens with one attached hydrogen (secondary N) is 1. The van der Waals surface area contributed by atoms with Crippen LogP contribution in [0.15, 0.2) is 0 Å². The molecule has 0 aromatic carbocycles. The summed E-state index contributed by atoms with van der Waals surface area (Å²) in [4.78, 5) is 30.0. The summed E-state index contributed by atoms with van der Waals surface area (Å²) in [6, 6.07) is 0. The van der Waals surface area contributed by atoms with Gasteiger partial charge in [-0.2, -0.15) is 0 Å². The predicted molar refractivity (Wildman–Crippen MR) is 98.6 cm³/mol. The van der Waals surface area contributed by atoms with Crippen molar-refractivity contribution in [3.05, 3.63) is 22.5 Å².